The molecule has 2 rings (SSSR count). The highest BCUT2D eigenvalue weighted by molar-refractivity contribution is 5.89. The molecule has 25 heavy (non-hydrogen) atoms. The lowest BCUT2D eigenvalue weighted by molar-refractivity contribution is -0.236. The van der Waals surface area contributed by atoms with Gasteiger partial charge in [-0.1, -0.05) is 36.4 Å². The number of esters is 1. The molecular weight excluding hydrogens is 324 g/mol. The summed E-state index contributed by atoms with van der Waals surface area (Å²) in [6.45, 7) is 5.36. The first-order valence-electron chi connectivity index (χ1n) is 8.19. The van der Waals surface area contributed by atoms with Crippen molar-refractivity contribution in [1.29, 1.82) is 0 Å². The van der Waals surface area contributed by atoms with Gasteiger partial charge in [0.1, 0.15) is 30.5 Å². The smallest absolute Gasteiger partial charge is 0.338 e. The van der Waals surface area contributed by atoms with Crippen molar-refractivity contribution in [3.63, 3.8) is 0 Å². The first-order valence-corrected chi connectivity index (χ1v) is 8.19. The van der Waals surface area contributed by atoms with E-state index in [1.807, 2.05) is 0 Å². The zero-order valence-electron chi connectivity index (χ0n) is 14.1. The summed E-state index contributed by atoms with van der Waals surface area (Å²) in [4.78, 5) is 12.3. The quantitative estimate of drug-likeness (QED) is 0.528. The second kappa shape index (κ2) is 8.92. The highest BCUT2D eigenvalue weighted by Gasteiger charge is 2.48. The molecule has 6 heteroatoms. The molecule has 0 unspecified atom stereocenters. The Labute approximate surface area is 147 Å². The summed E-state index contributed by atoms with van der Waals surface area (Å²) in [5, 5.41) is 30.8. The number of rotatable bonds is 6. The van der Waals surface area contributed by atoms with Crippen molar-refractivity contribution in [3.05, 3.63) is 60.7 Å². The first-order chi connectivity index (χ1) is 12.0. The summed E-state index contributed by atoms with van der Waals surface area (Å²) in [5.41, 5.74) is 0.331. The highest BCUT2D eigenvalue weighted by Crippen LogP contribution is 2.28. The van der Waals surface area contributed by atoms with E-state index in [2.05, 4.69) is 6.58 Å². The van der Waals surface area contributed by atoms with Crippen LogP contribution in [0, 0.1) is 0 Å². The summed E-state index contributed by atoms with van der Waals surface area (Å²) in [5.74, 6) is -0.623. The maximum atomic E-state index is 12.3. The lowest BCUT2D eigenvalue weighted by Crippen LogP contribution is -2.61. The van der Waals surface area contributed by atoms with Gasteiger partial charge in [-0.15, -0.1) is 6.58 Å². The van der Waals surface area contributed by atoms with E-state index in [-0.39, 0.29) is 6.42 Å². The molecule has 0 spiro atoms. The molecule has 0 saturated carbocycles. The molecular formula is C19H24O6. The van der Waals surface area contributed by atoms with Gasteiger partial charge < -0.3 is 24.8 Å². The normalized spacial score (nSPS) is 30.8. The van der Waals surface area contributed by atoms with Crippen molar-refractivity contribution in [2.75, 3.05) is 0 Å². The Bertz CT molecular complexity index is 599. The van der Waals surface area contributed by atoms with Crippen LogP contribution >= 0.6 is 0 Å². The van der Waals surface area contributed by atoms with Crippen LogP contribution < -0.4 is 0 Å². The van der Waals surface area contributed by atoms with Gasteiger partial charge >= 0.3 is 5.97 Å². The molecule has 0 aromatic heterocycles. The van der Waals surface area contributed by atoms with Crippen LogP contribution in [0.25, 0.3) is 0 Å². The maximum absolute atomic E-state index is 12.3. The van der Waals surface area contributed by atoms with Crippen molar-refractivity contribution in [2.45, 2.75) is 50.0 Å². The summed E-state index contributed by atoms with van der Waals surface area (Å²) >= 11 is 0. The average molecular weight is 348 g/mol. The molecule has 0 amide bonds. The van der Waals surface area contributed by atoms with Gasteiger partial charge in [0, 0.05) is 0 Å². The number of carbonyl (C=O) groups excluding carboxylic acids is 1. The Hall–Kier alpha value is -1.99. The third-order valence-electron chi connectivity index (χ3n) is 4.10. The Morgan fingerprint density at radius 3 is 2.60 bits per heavy atom. The van der Waals surface area contributed by atoms with Crippen LogP contribution in [0.5, 0.6) is 0 Å². The number of hydrogen-bond donors (Lipinski definition) is 3. The van der Waals surface area contributed by atoms with Gasteiger partial charge in [-0.05, 0) is 25.5 Å². The molecule has 0 bridgehead atoms. The van der Waals surface area contributed by atoms with Gasteiger partial charge in [-0.25, -0.2) is 4.79 Å². The van der Waals surface area contributed by atoms with Crippen molar-refractivity contribution >= 4 is 5.97 Å². The fourth-order valence-corrected chi connectivity index (χ4v) is 2.82. The molecule has 1 heterocycles. The molecule has 1 fully saturated rings. The van der Waals surface area contributed by atoms with E-state index in [0.29, 0.717) is 5.56 Å². The van der Waals surface area contributed by atoms with Gasteiger partial charge in [0.15, 0.2) is 6.10 Å². The topological polar surface area (TPSA) is 96.2 Å². The second-order valence-electron chi connectivity index (χ2n) is 5.90. The number of aliphatic hydroxyl groups is 3. The van der Waals surface area contributed by atoms with Crippen molar-refractivity contribution in [2.24, 2.45) is 0 Å². The average Bonchev–Trinajstić information content (AvgIpc) is 2.62. The van der Waals surface area contributed by atoms with E-state index in [1.54, 1.807) is 49.4 Å². The van der Waals surface area contributed by atoms with Crippen LogP contribution in [0.2, 0.25) is 0 Å². The van der Waals surface area contributed by atoms with Gasteiger partial charge in [0.2, 0.25) is 0 Å². The zero-order chi connectivity index (χ0) is 18.4. The zero-order valence-corrected chi connectivity index (χ0v) is 14.1. The van der Waals surface area contributed by atoms with Crippen molar-refractivity contribution in [3.8, 4) is 0 Å². The van der Waals surface area contributed by atoms with Crippen molar-refractivity contribution < 1.29 is 29.6 Å². The first kappa shape index (κ1) is 19.3. The molecule has 1 aromatic carbocycles. The van der Waals surface area contributed by atoms with Crippen LogP contribution in [-0.4, -0.2) is 57.9 Å². The van der Waals surface area contributed by atoms with E-state index in [0.717, 1.165) is 0 Å². The van der Waals surface area contributed by atoms with E-state index >= 15 is 0 Å². The summed E-state index contributed by atoms with van der Waals surface area (Å²) in [6, 6.07) is 8.35. The monoisotopic (exact) mass is 348 g/mol. The predicted molar refractivity (Wildman–Crippen MR) is 92.0 cm³/mol. The standard InChI is InChI=1S/C19H24O6/c1-3-8-13(20)17-15(21)16(22)18(14(24-17)9-4-2)25-19(23)12-10-6-5-7-11-12/h3-8,10-11,13-18,20-22H,2,9H2,1H3/b8-3+/t13-,14-,15-,16+,17-,18-/m0/s1. The maximum Gasteiger partial charge on any atom is 0.338 e. The Morgan fingerprint density at radius 1 is 1.32 bits per heavy atom. The summed E-state index contributed by atoms with van der Waals surface area (Å²) in [6.07, 6.45) is -1.78. The fraction of sp³-hybridized carbons (Fsp3) is 0.421. The molecule has 1 aromatic rings. The van der Waals surface area contributed by atoms with Gasteiger partial charge in [-0.2, -0.15) is 0 Å². The Morgan fingerprint density at radius 2 is 2.00 bits per heavy atom. The molecule has 3 N–H and O–H groups in total. The molecule has 136 valence electrons. The Balaban J connectivity index is 2.18. The lowest BCUT2D eigenvalue weighted by atomic mass is 9.90. The minimum atomic E-state index is -1.40. The lowest BCUT2D eigenvalue weighted by Gasteiger charge is -2.43. The SMILES string of the molecule is C=CC[C@@H]1O[C@@H]([C@@H](O)/C=C/C)[C@@H](O)[C@@H](O)[C@H]1OC(=O)c1ccccc1. The Kier molecular flexibility index (Phi) is 6.90. The summed E-state index contributed by atoms with van der Waals surface area (Å²) in [7, 11) is 0. The van der Waals surface area contributed by atoms with E-state index in [4.69, 9.17) is 9.47 Å². The minimum Gasteiger partial charge on any atom is -0.453 e. The fourth-order valence-electron chi connectivity index (χ4n) is 2.82. The van der Waals surface area contributed by atoms with Gasteiger partial charge in [0.25, 0.3) is 0 Å². The molecule has 0 aliphatic carbocycles. The highest BCUT2D eigenvalue weighted by atomic mass is 16.6. The van der Waals surface area contributed by atoms with Gasteiger partial charge in [0.05, 0.1) is 5.56 Å². The second-order valence-corrected chi connectivity index (χ2v) is 5.90. The van der Waals surface area contributed by atoms with E-state index < -0.39 is 42.6 Å². The molecule has 0 radical (unpaired) electrons. The number of allylic oxidation sites excluding steroid dienone is 1. The molecule has 1 saturated heterocycles. The molecule has 6 atom stereocenters. The third-order valence-corrected chi connectivity index (χ3v) is 4.10. The molecule has 6 nitrogen and oxygen atoms in total. The van der Waals surface area contributed by atoms with E-state index in [9.17, 15) is 20.1 Å². The molecule has 1 aliphatic rings. The van der Waals surface area contributed by atoms with Crippen LogP contribution in [0.15, 0.2) is 55.1 Å². The predicted octanol–water partition coefficient (Wildman–Crippen LogP) is 1.21. The third kappa shape index (κ3) is 4.55. The van der Waals surface area contributed by atoms with Crippen molar-refractivity contribution in [1.82, 2.24) is 0 Å². The van der Waals surface area contributed by atoms with Crippen LogP contribution in [0.3, 0.4) is 0 Å². The number of benzene rings is 1. The number of carbonyl (C=O) groups is 1. The van der Waals surface area contributed by atoms with Crippen LogP contribution in [0.4, 0.5) is 0 Å². The largest absolute Gasteiger partial charge is 0.453 e. The number of hydrogen-bond acceptors (Lipinski definition) is 6. The number of ether oxygens (including phenoxy) is 2. The number of aliphatic hydroxyl groups excluding tert-OH is 3. The summed E-state index contributed by atoms with van der Waals surface area (Å²) < 4.78 is 11.1. The minimum absolute atomic E-state index is 0.287. The van der Waals surface area contributed by atoms with Crippen LogP contribution in [0.1, 0.15) is 23.7 Å². The molecule has 1 aliphatic heterocycles. The van der Waals surface area contributed by atoms with E-state index in [1.165, 1.54) is 6.08 Å². The van der Waals surface area contributed by atoms with Crippen LogP contribution in [-0.2, 0) is 9.47 Å². The van der Waals surface area contributed by atoms with Gasteiger partial charge in [-0.3, -0.25) is 0 Å².